The summed E-state index contributed by atoms with van der Waals surface area (Å²) >= 11 is 1.59. The summed E-state index contributed by atoms with van der Waals surface area (Å²) < 4.78 is 12.9. The van der Waals surface area contributed by atoms with Gasteiger partial charge >= 0.3 is 0 Å². The van der Waals surface area contributed by atoms with Crippen LogP contribution in [0.1, 0.15) is 5.56 Å². The van der Waals surface area contributed by atoms with E-state index in [4.69, 9.17) is 9.47 Å². The molecule has 2 heterocycles. The molecular formula is C16H14N4O2S. The predicted molar refractivity (Wildman–Crippen MR) is 86.1 cm³/mol. The number of rotatable bonds is 4. The zero-order chi connectivity index (χ0) is 15.5. The van der Waals surface area contributed by atoms with Crippen LogP contribution in [0.15, 0.2) is 53.7 Å². The maximum absolute atomic E-state index is 5.62. The van der Waals surface area contributed by atoms with Gasteiger partial charge in [-0.15, -0.1) is 5.10 Å². The van der Waals surface area contributed by atoms with Crippen LogP contribution in [0.25, 0.3) is 5.69 Å². The molecule has 2 aromatic carbocycles. The molecule has 0 aliphatic carbocycles. The molecule has 0 saturated carbocycles. The summed E-state index contributed by atoms with van der Waals surface area (Å²) in [7, 11) is 0. The van der Waals surface area contributed by atoms with E-state index < -0.39 is 0 Å². The van der Waals surface area contributed by atoms with Gasteiger partial charge in [-0.3, -0.25) is 0 Å². The highest BCUT2D eigenvalue weighted by atomic mass is 32.2. The van der Waals surface area contributed by atoms with Crippen molar-refractivity contribution in [2.24, 2.45) is 0 Å². The molecule has 0 amide bonds. The molecule has 0 bridgehead atoms. The Balaban J connectivity index is 1.57. The zero-order valence-corrected chi connectivity index (χ0v) is 13.1. The Morgan fingerprint density at radius 2 is 1.83 bits per heavy atom. The summed E-state index contributed by atoms with van der Waals surface area (Å²) in [5.41, 5.74) is 2.09. The molecule has 0 saturated heterocycles. The van der Waals surface area contributed by atoms with Gasteiger partial charge in [0, 0.05) is 11.8 Å². The third kappa shape index (κ3) is 3.00. The van der Waals surface area contributed by atoms with Gasteiger partial charge in [0.1, 0.15) is 13.2 Å². The Hall–Kier alpha value is -2.54. The van der Waals surface area contributed by atoms with Crippen LogP contribution in [0.5, 0.6) is 11.5 Å². The minimum Gasteiger partial charge on any atom is -0.486 e. The van der Waals surface area contributed by atoms with Gasteiger partial charge in [0.05, 0.1) is 5.69 Å². The summed E-state index contributed by atoms with van der Waals surface area (Å²) in [6, 6.07) is 16.0. The highest BCUT2D eigenvalue weighted by Crippen LogP contribution is 2.33. The lowest BCUT2D eigenvalue weighted by Crippen LogP contribution is -2.15. The fourth-order valence-electron chi connectivity index (χ4n) is 2.32. The van der Waals surface area contributed by atoms with Crippen LogP contribution in [-0.2, 0) is 5.75 Å². The van der Waals surface area contributed by atoms with E-state index in [1.807, 2.05) is 36.4 Å². The first kappa shape index (κ1) is 14.1. The van der Waals surface area contributed by atoms with Gasteiger partial charge < -0.3 is 9.47 Å². The van der Waals surface area contributed by atoms with E-state index in [2.05, 4.69) is 27.7 Å². The van der Waals surface area contributed by atoms with E-state index >= 15 is 0 Å². The second-order valence-corrected chi connectivity index (χ2v) is 5.92. The summed E-state index contributed by atoms with van der Waals surface area (Å²) in [5, 5.41) is 12.7. The summed E-state index contributed by atoms with van der Waals surface area (Å²) in [6.07, 6.45) is 0. The van der Waals surface area contributed by atoms with Gasteiger partial charge in [0.15, 0.2) is 11.5 Å². The topological polar surface area (TPSA) is 62.1 Å². The molecule has 1 aliphatic heterocycles. The van der Waals surface area contributed by atoms with Crippen molar-refractivity contribution in [2.75, 3.05) is 13.2 Å². The fourth-order valence-corrected chi connectivity index (χ4v) is 3.16. The highest BCUT2D eigenvalue weighted by molar-refractivity contribution is 7.98. The molecule has 23 heavy (non-hydrogen) atoms. The Morgan fingerprint density at radius 1 is 1.00 bits per heavy atom. The van der Waals surface area contributed by atoms with Gasteiger partial charge in [-0.1, -0.05) is 42.1 Å². The van der Waals surface area contributed by atoms with Crippen molar-refractivity contribution < 1.29 is 9.47 Å². The van der Waals surface area contributed by atoms with Crippen LogP contribution in [0.3, 0.4) is 0 Å². The number of hydrogen-bond donors (Lipinski definition) is 0. The molecule has 3 aromatic rings. The van der Waals surface area contributed by atoms with Crippen LogP contribution >= 0.6 is 11.8 Å². The molecule has 7 heteroatoms. The number of tetrazole rings is 1. The van der Waals surface area contributed by atoms with Crippen LogP contribution in [0.2, 0.25) is 0 Å². The van der Waals surface area contributed by atoms with Crippen molar-refractivity contribution in [3.63, 3.8) is 0 Å². The maximum atomic E-state index is 5.62. The summed E-state index contributed by atoms with van der Waals surface area (Å²) in [4.78, 5) is 0. The van der Waals surface area contributed by atoms with Crippen molar-refractivity contribution >= 4 is 11.8 Å². The first-order chi connectivity index (χ1) is 11.4. The number of nitrogens with zero attached hydrogens (tertiary/aromatic N) is 4. The Morgan fingerprint density at radius 3 is 2.70 bits per heavy atom. The van der Waals surface area contributed by atoms with Crippen LogP contribution in [0.4, 0.5) is 0 Å². The first-order valence-corrected chi connectivity index (χ1v) is 8.24. The van der Waals surface area contributed by atoms with Gasteiger partial charge in [-0.2, -0.15) is 4.68 Å². The van der Waals surface area contributed by atoms with E-state index in [0.29, 0.717) is 13.2 Å². The number of ether oxygens (including phenoxy) is 2. The molecule has 0 atom stereocenters. The standard InChI is InChI=1S/C16H14N4O2S/c1-2-4-12(5-3-1)11-23-16-17-18-19-20(16)13-6-7-14-15(10-13)22-9-8-21-14/h1-7,10H,8-9,11H2. The Labute approximate surface area is 137 Å². The molecule has 116 valence electrons. The average Bonchev–Trinajstić information content (AvgIpc) is 3.09. The van der Waals surface area contributed by atoms with E-state index in [0.717, 1.165) is 28.1 Å². The molecule has 0 radical (unpaired) electrons. The lowest BCUT2D eigenvalue weighted by Gasteiger charge is -2.18. The van der Waals surface area contributed by atoms with E-state index in [1.54, 1.807) is 16.4 Å². The highest BCUT2D eigenvalue weighted by Gasteiger charge is 2.15. The van der Waals surface area contributed by atoms with Gasteiger partial charge in [0.25, 0.3) is 0 Å². The SMILES string of the molecule is c1ccc(CSc2nnnn2-c2ccc3c(c2)OCCO3)cc1. The Kier molecular flexibility index (Phi) is 3.85. The number of hydrogen-bond acceptors (Lipinski definition) is 6. The van der Waals surface area contributed by atoms with Crippen LogP contribution < -0.4 is 9.47 Å². The largest absolute Gasteiger partial charge is 0.486 e. The normalized spacial score (nSPS) is 13.0. The molecule has 0 fully saturated rings. The second kappa shape index (κ2) is 6.29. The van der Waals surface area contributed by atoms with Gasteiger partial charge in [-0.05, 0) is 28.1 Å². The number of benzene rings is 2. The molecule has 0 unspecified atom stereocenters. The Bertz CT molecular complexity index is 807. The lowest BCUT2D eigenvalue weighted by molar-refractivity contribution is 0.171. The van der Waals surface area contributed by atoms with Gasteiger partial charge in [0.2, 0.25) is 5.16 Å². The summed E-state index contributed by atoms with van der Waals surface area (Å²) in [6.45, 7) is 1.14. The monoisotopic (exact) mass is 326 g/mol. The maximum Gasteiger partial charge on any atom is 0.214 e. The van der Waals surface area contributed by atoms with Crippen LogP contribution in [-0.4, -0.2) is 33.4 Å². The summed E-state index contributed by atoms with van der Waals surface area (Å²) in [5.74, 6) is 2.29. The molecular weight excluding hydrogens is 312 g/mol. The second-order valence-electron chi connectivity index (χ2n) is 4.98. The van der Waals surface area contributed by atoms with E-state index in [9.17, 15) is 0 Å². The molecule has 1 aliphatic rings. The minimum atomic E-state index is 0.557. The average molecular weight is 326 g/mol. The van der Waals surface area contributed by atoms with Crippen molar-refractivity contribution in [3.8, 4) is 17.2 Å². The van der Waals surface area contributed by atoms with Gasteiger partial charge in [-0.25, -0.2) is 0 Å². The minimum absolute atomic E-state index is 0.557. The van der Waals surface area contributed by atoms with E-state index in [-0.39, 0.29) is 0 Å². The third-order valence-electron chi connectivity index (χ3n) is 3.42. The smallest absolute Gasteiger partial charge is 0.214 e. The predicted octanol–water partition coefficient (Wildman–Crippen LogP) is 2.73. The zero-order valence-electron chi connectivity index (χ0n) is 12.3. The molecule has 0 spiro atoms. The van der Waals surface area contributed by atoms with Crippen molar-refractivity contribution in [3.05, 3.63) is 54.1 Å². The third-order valence-corrected chi connectivity index (χ3v) is 4.41. The molecule has 4 rings (SSSR count). The lowest BCUT2D eigenvalue weighted by atomic mass is 10.2. The quantitative estimate of drug-likeness (QED) is 0.687. The number of aromatic nitrogens is 4. The molecule has 1 aromatic heterocycles. The van der Waals surface area contributed by atoms with E-state index in [1.165, 1.54) is 5.56 Å². The van der Waals surface area contributed by atoms with Crippen molar-refractivity contribution in [1.29, 1.82) is 0 Å². The van der Waals surface area contributed by atoms with Crippen LogP contribution in [0, 0.1) is 0 Å². The fraction of sp³-hybridized carbons (Fsp3) is 0.188. The number of thioether (sulfide) groups is 1. The molecule has 6 nitrogen and oxygen atoms in total. The van der Waals surface area contributed by atoms with Crippen molar-refractivity contribution in [1.82, 2.24) is 20.2 Å². The van der Waals surface area contributed by atoms with Crippen molar-refractivity contribution in [2.45, 2.75) is 10.9 Å². The first-order valence-electron chi connectivity index (χ1n) is 7.25. The number of fused-ring (bicyclic) bond motifs is 1. The molecule has 0 N–H and O–H groups in total.